The summed E-state index contributed by atoms with van der Waals surface area (Å²) in [6.07, 6.45) is 5.26. The zero-order valence-electron chi connectivity index (χ0n) is 12.2. The van der Waals surface area contributed by atoms with Gasteiger partial charge in [-0.15, -0.1) is 0 Å². The van der Waals surface area contributed by atoms with Crippen molar-refractivity contribution in [3.8, 4) is 0 Å². The Morgan fingerprint density at radius 1 is 1.29 bits per heavy atom. The first kappa shape index (κ1) is 15.3. The number of anilines is 4. The molecule has 0 aliphatic heterocycles. The van der Waals surface area contributed by atoms with Crippen LogP contribution >= 0.6 is 11.6 Å². The summed E-state index contributed by atoms with van der Waals surface area (Å²) in [6.45, 7) is 3.05. The number of nitrogens with one attached hydrogen (secondary N) is 1. The fraction of sp³-hybridized carbons (Fsp3) is 0.357. The van der Waals surface area contributed by atoms with E-state index in [9.17, 15) is 0 Å². The van der Waals surface area contributed by atoms with Crippen molar-refractivity contribution in [3.05, 3.63) is 29.7 Å². The normalized spacial score (nSPS) is 10.4. The van der Waals surface area contributed by atoms with Gasteiger partial charge in [-0.1, -0.05) is 24.9 Å². The standard InChI is InChI=1S/C14H19ClN6/c1-3-4-7-21(2)14-12(16)13(18-9-19-14)20-11-6-5-10(15)8-17-11/h5-6,8-9H,3-4,7,16H2,1-2H3,(H,17,18,19,20). The number of rotatable bonds is 6. The van der Waals surface area contributed by atoms with Crippen molar-refractivity contribution in [3.63, 3.8) is 0 Å². The third-order valence-corrected chi connectivity index (χ3v) is 3.27. The van der Waals surface area contributed by atoms with Gasteiger partial charge in [0.2, 0.25) is 0 Å². The molecule has 112 valence electrons. The van der Waals surface area contributed by atoms with Crippen LogP contribution in [-0.2, 0) is 0 Å². The third-order valence-electron chi connectivity index (χ3n) is 3.05. The van der Waals surface area contributed by atoms with Crippen molar-refractivity contribution >= 4 is 34.7 Å². The van der Waals surface area contributed by atoms with Gasteiger partial charge in [0.15, 0.2) is 11.6 Å². The number of nitrogens with two attached hydrogens (primary N) is 1. The summed E-state index contributed by atoms with van der Waals surface area (Å²) in [5.74, 6) is 1.89. The SMILES string of the molecule is CCCCN(C)c1ncnc(Nc2ccc(Cl)cn2)c1N. The number of aromatic nitrogens is 3. The van der Waals surface area contributed by atoms with Gasteiger partial charge in [0, 0.05) is 19.8 Å². The van der Waals surface area contributed by atoms with Crippen molar-refractivity contribution in [2.45, 2.75) is 19.8 Å². The molecule has 0 bridgehead atoms. The number of nitrogen functional groups attached to an aromatic ring is 1. The molecular formula is C14H19ClN6. The Bertz CT molecular complexity index is 587. The Balaban J connectivity index is 2.19. The molecule has 0 aliphatic carbocycles. The van der Waals surface area contributed by atoms with Crippen molar-refractivity contribution in [1.29, 1.82) is 0 Å². The van der Waals surface area contributed by atoms with Crippen LogP contribution in [0.2, 0.25) is 5.02 Å². The lowest BCUT2D eigenvalue weighted by Crippen LogP contribution is -2.21. The van der Waals surface area contributed by atoms with Gasteiger partial charge in [-0.2, -0.15) is 0 Å². The summed E-state index contributed by atoms with van der Waals surface area (Å²) in [5, 5.41) is 3.66. The molecule has 0 atom stereocenters. The Kier molecular flexibility index (Phi) is 5.16. The topological polar surface area (TPSA) is 80.0 Å². The zero-order chi connectivity index (χ0) is 15.2. The van der Waals surface area contributed by atoms with E-state index in [1.165, 1.54) is 6.33 Å². The van der Waals surface area contributed by atoms with Crippen molar-refractivity contribution in [1.82, 2.24) is 15.0 Å². The first-order valence-corrected chi connectivity index (χ1v) is 7.19. The van der Waals surface area contributed by atoms with Gasteiger partial charge in [-0.25, -0.2) is 15.0 Å². The molecule has 0 radical (unpaired) electrons. The van der Waals surface area contributed by atoms with Gasteiger partial charge in [-0.3, -0.25) is 0 Å². The second-order valence-electron chi connectivity index (χ2n) is 4.72. The van der Waals surface area contributed by atoms with E-state index in [1.54, 1.807) is 18.3 Å². The first-order chi connectivity index (χ1) is 10.1. The molecule has 2 rings (SSSR count). The predicted octanol–water partition coefficient (Wildman–Crippen LogP) is 3.09. The van der Waals surface area contributed by atoms with Crippen LogP contribution in [0.5, 0.6) is 0 Å². The van der Waals surface area contributed by atoms with Crippen molar-refractivity contribution < 1.29 is 0 Å². The molecule has 2 aromatic heterocycles. The Morgan fingerprint density at radius 3 is 2.76 bits per heavy atom. The minimum absolute atomic E-state index is 0.507. The molecule has 3 N–H and O–H groups in total. The molecule has 2 aromatic rings. The molecule has 2 heterocycles. The molecule has 0 amide bonds. The lowest BCUT2D eigenvalue weighted by atomic mass is 10.3. The molecule has 0 aliphatic rings. The summed E-state index contributed by atoms with van der Waals surface area (Å²) in [4.78, 5) is 14.6. The van der Waals surface area contributed by atoms with Crippen molar-refractivity contribution in [2.24, 2.45) is 0 Å². The zero-order valence-corrected chi connectivity index (χ0v) is 12.9. The van der Waals surface area contributed by atoms with Crippen LogP contribution in [0.25, 0.3) is 0 Å². The molecule has 21 heavy (non-hydrogen) atoms. The molecule has 0 spiro atoms. The monoisotopic (exact) mass is 306 g/mol. The molecule has 7 heteroatoms. The van der Waals surface area contributed by atoms with E-state index >= 15 is 0 Å². The predicted molar refractivity (Wildman–Crippen MR) is 87.2 cm³/mol. The van der Waals surface area contributed by atoms with Gasteiger partial charge in [0.1, 0.15) is 17.8 Å². The van der Waals surface area contributed by atoms with Crippen LogP contribution in [0, 0.1) is 0 Å². The summed E-state index contributed by atoms with van der Waals surface area (Å²) in [6, 6.07) is 3.52. The van der Waals surface area contributed by atoms with Gasteiger partial charge in [-0.05, 0) is 18.6 Å². The van der Waals surface area contributed by atoms with Crippen LogP contribution in [0.1, 0.15) is 19.8 Å². The number of pyridine rings is 1. The van der Waals surface area contributed by atoms with E-state index in [0.717, 1.165) is 25.2 Å². The van der Waals surface area contributed by atoms with Crippen LogP contribution in [0.3, 0.4) is 0 Å². The van der Waals surface area contributed by atoms with E-state index < -0.39 is 0 Å². The Hall–Kier alpha value is -2.08. The van der Waals surface area contributed by atoms with Gasteiger partial charge < -0.3 is 16.0 Å². The maximum atomic E-state index is 6.15. The average Bonchev–Trinajstić information content (AvgIpc) is 2.49. The van der Waals surface area contributed by atoms with Crippen LogP contribution in [0.4, 0.5) is 23.1 Å². The van der Waals surface area contributed by atoms with Gasteiger partial charge in [0.25, 0.3) is 0 Å². The summed E-state index contributed by atoms with van der Waals surface area (Å²) >= 11 is 5.81. The maximum absolute atomic E-state index is 6.15. The average molecular weight is 307 g/mol. The number of halogens is 1. The van der Waals surface area contributed by atoms with E-state index in [2.05, 4.69) is 27.2 Å². The van der Waals surface area contributed by atoms with Crippen LogP contribution < -0.4 is 16.0 Å². The molecule has 0 aromatic carbocycles. The Labute approximate surface area is 129 Å². The van der Waals surface area contributed by atoms with Crippen LogP contribution in [0.15, 0.2) is 24.7 Å². The van der Waals surface area contributed by atoms with E-state index in [4.69, 9.17) is 17.3 Å². The lowest BCUT2D eigenvalue weighted by Gasteiger charge is -2.20. The minimum Gasteiger partial charge on any atom is -0.393 e. The van der Waals surface area contributed by atoms with E-state index in [0.29, 0.717) is 22.3 Å². The second-order valence-corrected chi connectivity index (χ2v) is 5.16. The molecular weight excluding hydrogens is 288 g/mol. The number of unbranched alkanes of at least 4 members (excludes halogenated alkanes) is 1. The van der Waals surface area contributed by atoms with E-state index in [1.807, 2.05) is 11.9 Å². The van der Waals surface area contributed by atoms with Gasteiger partial charge in [0.05, 0.1) is 5.02 Å². The second kappa shape index (κ2) is 7.08. The quantitative estimate of drug-likeness (QED) is 0.853. The maximum Gasteiger partial charge on any atom is 0.160 e. The van der Waals surface area contributed by atoms with Gasteiger partial charge >= 0.3 is 0 Å². The highest BCUT2D eigenvalue weighted by Gasteiger charge is 2.12. The first-order valence-electron chi connectivity index (χ1n) is 6.82. The number of nitrogens with zero attached hydrogens (tertiary/aromatic N) is 4. The highest BCUT2D eigenvalue weighted by atomic mass is 35.5. The third kappa shape index (κ3) is 3.95. The molecule has 6 nitrogen and oxygen atoms in total. The van der Waals surface area contributed by atoms with E-state index in [-0.39, 0.29) is 0 Å². The summed E-state index contributed by atoms with van der Waals surface area (Å²) in [5.41, 5.74) is 6.66. The lowest BCUT2D eigenvalue weighted by molar-refractivity contribution is 0.759. The van der Waals surface area contributed by atoms with Crippen LogP contribution in [-0.4, -0.2) is 28.5 Å². The van der Waals surface area contributed by atoms with Crippen molar-refractivity contribution in [2.75, 3.05) is 29.5 Å². The highest BCUT2D eigenvalue weighted by molar-refractivity contribution is 6.30. The fourth-order valence-electron chi connectivity index (χ4n) is 1.86. The summed E-state index contributed by atoms with van der Waals surface area (Å²) < 4.78 is 0. The molecule has 0 saturated carbocycles. The number of hydrogen-bond donors (Lipinski definition) is 2. The summed E-state index contributed by atoms with van der Waals surface area (Å²) in [7, 11) is 1.97. The molecule has 0 unspecified atom stereocenters. The largest absolute Gasteiger partial charge is 0.393 e. The fourth-order valence-corrected chi connectivity index (χ4v) is 1.97. The molecule has 0 saturated heterocycles. The minimum atomic E-state index is 0.507. The highest BCUT2D eigenvalue weighted by Crippen LogP contribution is 2.27. The Morgan fingerprint density at radius 2 is 2.10 bits per heavy atom. The number of hydrogen-bond acceptors (Lipinski definition) is 6. The smallest absolute Gasteiger partial charge is 0.160 e. The molecule has 0 fully saturated rings.